The number of rotatable bonds is 2. The minimum absolute atomic E-state index is 0.0623. The van der Waals surface area contributed by atoms with Gasteiger partial charge in [0.25, 0.3) is 0 Å². The van der Waals surface area contributed by atoms with Crippen molar-refractivity contribution in [2.75, 3.05) is 0 Å². The van der Waals surface area contributed by atoms with Gasteiger partial charge in [0.15, 0.2) is 0 Å². The lowest BCUT2D eigenvalue weighted by Gasteiger charge is -2.16. The molecule has 2 atom stereocenters. The highest BCUT2D eigenvalue weighted by molar-refractivity contribution is 5.27. The lowest BCUT2D eigenvalue weighted by Crippen LogP contribution is -2.22. The van der Waals surface area contributed by atoms with E-state index in [9.17, 15) is 13.2 Å². The SMILES string of the molecule is CC(N)C(C)c1ccc(C(F)(F)F)cc1. The number of hydrogen-bond acceptors (Lipinski definition) is 1. The van der Waals surface area contributed by atoms with Gasteiger partial charge >= 0.3 is 6.18 Å². The normalized spacial score (nSPS) is 16.1. The Kier molecular flexibility index (Phi) is 3.39. The fourth-order valence-electron chi connectivity index (χ4n) is 1.28. The van der Waals surface area contributed by atoms with Crippen LogP contribution in [0.5, 0.6) is 0 Å². The highest BCUT2D eigenvalue weighted by atomic mass is 19.4. The zero-order chi connectivity index (χ0) is 11.6. The molecule has 0 aliphatic rings. The van der Waals surface area contributed by atoms with Crippen molar-refractivity contribution < 1.29 is 13.2 Å². The van der Waals surface area contributed by atoms with Crippen LogP contribution in [0.25, 0.3) is 0 Å². The second kappa shape index (κ2) is 4.23. The minimum Gasteiger partial charge on any atom is -0.327 e. The summed E-state index contributed by atoms with van der Waals surface area (Å²) in [6.45, 7) is 3.73. The molecule has 0 fully saturated rings. The van der Waals surface area contributed by atoms with Gasteiger partial charge < -0.3 is 5.73 Å². The van der Waals surface area contributed by atoms with E-state index >= 15 is 0 Å². The number of halogens is 3. The lowest BCUT2D eigenvalue weighted by molar-refractivity contribution is -0.137. The number of alkyl halides is 3. The van der Waals surface area contributed by atoms with Crippen LogP contribution in [-0.4, -0.2) is 6.04 Å². The van der Waals surface area contributed by atoms with Crippen LogP contribution in [0.2, 0.25) is 0 Å². The van der Waals surface area contributed by atoms with Crippen LogP contribution >= 0.6 is 0 Å². The van der Waals surface area contributed by atoms with Crippen molar-refractivity contribution >= 4 is 0 Å². The van der Waals surface area contributed by atoms with Crippen molar-refractivity contribution in [1.29, 1.82) is 0 Å². The minimum atomic E-state index is -4.27. The molecule has 0 amide bonds. The topological polar surface area (TPSA) is 26.0 Å². The summed E-state index contributed by atoms with van der Waals surface area (Å²) in [5, 5.41) is 0. The van der Waals surface area contributed by atoms with Crippen LogP contribution in [0, 0.1) is 0 Å². The smallest absolute Gasteiger partial charge is 0.327 e. The average Bonchev–Trinajstić information content (AvgIpc) is 2.15. The maximum atomic E-state index is 12.3. The summed E-state index contributed by atoms with van der Waals surface area (Å²) in [6.07, 6.45) is -4.27. The second-order valence-electron chi connectivity index (χ2n) is 3.77. The summed E-state index contributed by atoms with van der Waals surface area (Å²) in [5.74, 6) is 0.0623. The number of hydrogen-bond donors (Lipinski definition) is 1. The van der Waals surface area contributed by atoms with Gasteiger partial charge in [-0.3, -0.25) is 0 Å². The molecule has 0 saturated carbocycles. The van der Waals surface area contributed by atoms with Gasteiger partial charge in [0.1, 0.15) is 0 Å². The van der Waals surface area contributed by atoms with Crippen LogP contribution in [0.1, 0.15) is 30.9 Å². The first-order chi connectivity index (χ1) is 6.82. The van der Waals surface area contributed by atoms with E-state index in [0.29, 0.717) is 0 Å². The summed E-state index contributed by atoms with van der Waals surface area (Å²) in [5.41, 5.74) is 5.88. The van der Waals surface area contributed by atoms with Gasteiger partial charge in [0, 0.05) is 6.04 Å². The molecule has 0 radical (unpaired) electrons. The predicted octanol–water partition coefficient (Wildman–Crippen LogP) is 3.16. The van der Waals surface area contributed by atoms with Gasteiger partial charge in [-0.05, 0) is 30.5 Å². The van der Waals surface area contributed by atoms with Crippen LogP contribution < -0.4 is 5.73 Å². The predicted molar refractivity (Wildman–Crippen MR) is 53.5 cm³/mol. The van der Waals surface area contributed by atoms with E-state index in [0.717, 1.165) is 17.7 Å². The molecular weight excluding hydrogens is 203 g/mol. The summed E-state index contributed by atoms with van der Waals surface area (Å²) in [6, 6.07) is 5.08. The van der Waals surface area contributed by atoms with Crippen LogP contribution in [-0.2, 0) is 6.18 Å². The summed E-state index contributed by atoms with van der Waals surface area (Å²) in [7, 11) is 0. The van der Waals surface area contributed by atoms with Gasteiger partial charge in [-0.15, -0.1) is 0 Å². The van der Waals surface area contributed by atoms with E-state index in [4.69, 9.17) is 5.73 Å². The zero-order valence-electron chi connectivity index (χ0n) is 8.68. The Morgan fingerprint density at radius 2 is 1.53 bits per heavy atom. The first-order valence-corrected chi connectivity index (χ1v) is 4.75. The van der Waals surface area contributed by atoms with Gasteiger partial charge in [-0.25, -0.2) is 0 Å². The van der Waals surface area contributed by atoms with E-state index in [-0.39, 0.29) is 12.0 Å². The average molecular weight is 217 g/mol. The first-order valence-electron chi connectivity index (χ1n) is 4.75. The summed E-state index contributed by atoms with van der Waals surface area (Å²) in [4.78, 5) is 0. The highest BCUT2D eigenvalue weighted by Gasteiger charge is 2.30. The molecule has 0 aliphatic carbocycles. The molecule has 15 heavy (non-hydrogen) atoms. The molecule has 0 spiro atoms. The van der Waals surface area contributed by atoms with Gasteiger partial charge in [0.2, 0.25) is 0 Å². The van der Waals surface area contributed by atoms with Gasteiger partial charge in [0.05, 0.1) is 5.56 Å². The monoisotopic (exact) mass is 217 g/mol. The molecule has 4 heteroatoms. The molecule has 0 aromatic heterocycles. The first kappa shape index (κ1) is 12.0. The van der Waals surface area contributed by atoms with Gasteiger partial charge in [-0.1, -0.05) is 19.1 Å². The standard InChI is InChI=1S/C11H14F3N/c1-7(8(2)15)9-3-5-10(6-4-9)11(12,13)14/h3-8H,15H2,1-2H3. The van der Waals surface area contributed by atoms with Crippen molar-refractivity contribution in [2.24, 2.45) is 5.73 Å². The van der Waals surface area contributed by atoms with Crippen molar-refractivity contribution in [3.8, 4) is 0 Å². The Bertz CT molecular complexity index is 314. The Hall–Kier alpha value is -1.03. The number of benzene rings is 1. The Balaban J connectivity index is 2.91. The molecule has 84 valence electrons. The largest absolute Gasteiger partial charge is 0.416 e. The highest BCUT2D eigenvalue weighted by Crippen LogP contribution is 2.30. The Morgan fingerprint density at radius 3 is 1.87 bits per heavy atom. The molecule has 2 unspecified atom stereocenters. The third-order valence-electron chi connectivity index (χ3n) is 2.55. The van der Waals surface area contributed by atoms with E-state index in [2.05, 4.69) is 0 Å². The third kappa shape index (κ3) is 2.96. The molecule has 0 heterocycles. The lowest BCUT2D eigenvalue weighted by atomic mass is 9.94. The Morgan fingerprint density at radius 1 is 1.07 bits per heavy atom. The van der Waals surface area contributed by atoms with E-state index in [1.165, 1.54) is 12.1 Å². The van der Waals surface area contributed by atoms with Gasteiger partial charge in [-0.2, -0.15) is 13.2 Å². The van der Waals surface area contributed by atoms with Crippen molar-refractivity contribution in [1.82, 2.24) is 0 Å². The molecule has 0 bridgehead atoms. The van der Waals surface area contributed by atoms with Crippen molar-refractivity contribution in [2.45, 2.75) is 32.0 Å². The summed E-state index contributed by atoms with van der Waals surface area (Å²) >= 11 is 0. The van der Waals surface area contributed by atoms with Crippen molar-refractivity contribution in [3.05, 3.63) is 35.4 Å². The molecule has 1 aromatic carbocycles. The fourth-order valence-corrected chi connectivity index (χ4v) is 1.28. The maximum absolute atomic E-state index is 12.3. The van der Waals surface area contributed by atoms with Crippen LogP contribution in [0.15, 0.2) is 24.3 Å². The zero-order valence-corrected chi connectivity index (χ0v) is 8.68. The van der Waals surface area contributed by atoms with E-state index in [1.54, 1.807) is 0 Å². The van der Waals surface area contributed by atoms with E-state index in [1.807, 2.05) is 13.8 Å². The fraction of sp³-hybridized carbons (Fsp3) is 0.455. The third-order valence-corrected chi connectivity index (χ3v) is 2.55. The quantitative estimate of drug-likeness (QED) is 0.809. The molecular formula is C11H14F3N. The molecule has 1 rings (SSSR count). The molecule has 1 aromatic rings. The molecule has 0 aliphatic heterocycles. The Labute approximate surface area is 87.1 Å². The molecule has 2 N–H and O–H groups in total. The number of nitrogens with two attached hydrogens (primary N) is 1. The molecule has 0 saturated heterocycles. The van der Waals surface area contributed by atoms with Crippen molar-refractivity contribution in [3.63, 3.8) is 0 Å². The second-order valence-corrected chi connectivity index (χ2v) is 3.77. The van der Waals surface area contributed by atoms with Crippen LogP contribution in [0.4, 0.5) is 13.2 Å². The summed E-state index contributed by atoms with van der Waals surface area (Å²) < 4.78 is 36.8. The van der Waals surface area contributed by atoms with Crippen LogP contribution in [0.3, 0.4) is 0 Å². The van der Waals surface area contributed by atoms with E-state index < -0.39 is 11.7 Å². The maximum Gasteiger partial charge on any atom is 0.416 e. The molecule has 1 nitrogen and oxygen atoms in total.